The molecular formula is C20H18F4N2O3. The number of ether oxygens (including phenoxy) is 1. The first kappa shape index (κ1) is 20.6. The number of carbonyl (C=O) groups is 2. The van der Waals surface area contributed by atoms with Crippen LogP contribution in [-0.4, -0.2) is 31.1 Å². The van der Waals surface area contributed by atoms with E-state index in [-0.39, 0.29) is 24.6 Å². The standard InChI is InChI=1S/C20H18F4N2O3/c1-12-2-5-15(9-17(12)21)26-10-13(8-18(26)27)19(28)25-14-3-6-16(7-4-14)29-11-20(22,23)24/h2-7,9,13H,8,10-11H2,1H3,(H,25,28). The summed E-state index contributed by atoms with van der Waals surface area (Å²) in [4.78, 5) is 26.1. The molecule has 0 saturated carbocycles. The zero-order chi connectivity index (χ0) is 21.2. The van der Waals surface area contributed by atoms with E-state index in [0.717, 1.165) is 0 Å². The largest absolute Gasteiger partial charge is 0.484 e. The smallest absolute Gasteiger partial charge is 0.422 e. The fourth-order valence-electron chi connectivity index (χ4n) is 2.93. The van der Waals surface area contributed by atoms with Gasteiger partial charge < -0.3 is 15.0 Å². The second-order valence-electron chi connectivity index (χ2n) is 6.76. The van der Waals surface area contributed by atoms with Crippen molar-refractivity contribution in [3.63, 3.8) is 0 Å². The van der Waals surface area contributed by atoms with Crippen LogP contribution in [0, 0.1) is 18.7 Å². The van der Waals surface area contributed by atoms with Gasteiger partial charge in [0.2, 0.25) is 11.8 Å². The summed E-state index contributed by atoms with van der Waals surface area (Å²) in [6.07, 6.45) is -4.46. The number of hydrogen-bond donors (Lipinski definition) is 1. The molecule has 1 aliphatic heterocycles. The molecule has 1 atom stereocenters. The quantitative estimate of drug-likeness (QED) is 0.757. The molecule has 1 aliphatic rings. The number of hydrogen-bond acceptors (Lipinski definition) is 3. The Kier molecular flexibility index (Phi) is 5.76. The molecule has 9 heteroatoms. The van der Waals surface area contributed by atoms with Gasteiger partial charge in [-0.05, 0) is 48.9 Å². The maximum Gasteiger partial charge on any atom is 0.422 e. The van der Waals surface area contributed by atoms with Crippen LogP contribution in [0.25, 0.3) is 0 Å². The van der Waals surface area contributed by atoms with Gasteiger partial charge in [0.15, 0.2) is 6.61 Å². The Morgan fingerprint density at radius 1 is 1.21 bits per heavy atom. The SMILES string of the molecule is Cc1ccc(N2CC(C(=O)Nc3ccc(OCC(F)(F)F)cc3)CC2=O)cc1F. The normalized spacial score (nSPS) is 16.8. The lowest BCUT2D eigenvalue weighted by atomic mass is 10.1. The molecule has 0 radical (unpaired) electrons. The number of halogens is 4. The second kappa shape index (κ2) is 8.10. The molecule has 0 bridgehead atoms. The Balaban J connectivity index is 1.60. The van der Waals surface area contributed by atoms with Crippen LogP contribution in [0.15, 0.2) is 42.5 Å². The van der Waals surface area contributed by atoms with Gasteiger partial charge in [0.05, 0.1) is 5.92 Å². The Morgan fingerprint density at radius 2 is 1.90 bits per heavy atom. The minimum absolute atomic E-state index is 0.0175. The fourth-order valence-corrected chi connectivity index (χ4v) is 2.93. The van der Waals surface area contributed by atoms with E-state index in [9.17, 15) is 27.2 Å². The maximum absolute atomic E-state index is 13.8. The van der Waals surface area contributed by atoms with E-state index in [1.54, 1.807) is 19.1 Å². The Morgan fingerprint density at radius 3 is 2.52 bits per heavy atom. The van der Waals surface area contributed by atoms with Gasteiger partial charge in [0.25, 0.3) is 0 Å². The van der Waals surface area contributed by atoms with Crippen LogP contribution in [0.3, 0.4) is 0 Å². The summed E-state index contributed by atoms with van der Waals surface area (Å²) in [5, 5.41) is 2.63. The number of anilines is 2. The van der Waals surface area contributed by atoms with Crippen molar-refractivity contribution in [3.05, 3.63) is 53.8 Å². The minimum atomic E-state index is -4.44. The van der Waals surface area contributed by atoms with Crippen molar-refractivity contribution < 1.29 is 31.9 Å². The van der Waals surface area contributed by atoms with E-state index in [0.29, 0.717) is 16.9 Å². The highest BCUT2D eigenvalue weighted by atomic mass is 19.4. The van der Waals surface area contributed by atoms with E-state index >= 15 is 0 Å². The highest BCUT2D eigenvalue weighted by molar-refractivity contribution is 6.03. The van der Waals surface area contributed by atoms with Crippen LogP contribution in [0.4, 0.5) is 28.9 Å². The fraction of sp³-hybridized carbons (Fsp3) is 0.300. The van der Waals surface area contributed by atoms with Crippen molar-refractivity contribution in [1.29, 1.82) is 0 Å². The molecule has 154 valence electrons. The van der Waals surface area contributed by atoms with Gasteiger partial charge in [-0.25, -0.2) is 4.39 Å². The molecule has 1 N–H and O–H groups in total. The van der Waals surface area contributed by atoms with E-state index in [1.165, 1.54) is 35.2 Å². The Hall–Kier alpha value is -3.10. The average molecular weight is 410 g/mol. The maximum atomic E-state index is 13.8. The summed E-state index contributed by atoms with van der Waals surface area (Å²) in [6.45, 7) is 0.318. The number of nitrogens with one attached hydrogen (secondary N) is 1. The molecule has 2 amide bonds. The van der Waals surface area contributed by atoms with E-state index in [2.05, 4.69) is 10.1 Å². The van der Waals surface area contributed by atoms with Crippen LogP contribution in [0.1, 0.15) is 12.0 Å². The third kappa shape index (κ3) is 5.24. The molecule has 0 aliphatic carbocycles. The predicted octanol–water partition coefficient (Wildman–Crippen LogP) is 4.07. The third-order valence-corrected chi connectivity index (χ3v) is 4.49. The average Bonchev–Trinajstić information content (AvgIpc) is 3.05. The highest BCUT2D eigenvalue weighted by Crippen LogP contribution is 2.28. The first-order chi connectivity index (χ1) is 13.6. The molecular weight excluding hydrogens is 392 g/mol. The molecule has 1 unspecified atom stereocenters. The number of carbonyl (C=O) groups excluding carboxylic acids is 2. The molecule has 5 nitrogen and oxygen atoms in total. The number of nitrogens with zero attached hydrogens (tertiary/aromatic N) is 1. The summed E-state index contributed by atoms with van der Waals surface area (Å²) >= 11 is 0. The highest BCUT2D eigenvalue weighted by Gasteiger charge is 2.35. The Bertz CT molecular complexity index is 913. The van der Waals surface area contributed by atoms with Gasteiger partial charge in [-0.3, -0.25) is 9.59 Å². The van der Waals surface area contributed by atoms with E-state index < -0.39 is 30.4 Å². The predicted molar refractivity (Wildman–Crippen MR) is 98.2 cm³/mol. The van der Waals surface area contributed by atoms with Crippen molar-refractivity contribution in [2.75, 3.05) is 23.4 Å². The van der Waals surface area contributed by atoms with Gasteiger partial charge in [-0.1, -0.05) is 6.07 Å². The summed E-state index contributed by atoms with van der Waals surface area (Å²) in [5.74, 6) is -1.74. The molecule has 29 heavy (non-hydrogen) atoms. The van der Waals surface area contributed by atoms with Crippen molar-refractivity contribution in [2.24, 2.45) is 5.92 Å². The lowest BCUT2D eigenvalue weighted by Crippen LogP contribution is -2.28. The Labute approximate surface area is 164 Å². The summed E-state index contributed by atoms with van der Waals surface area (Å²) in [5.41, 5.74) is 1.21. The number of benzene rings is 2. The summed E-state index contributed by atoms with van der Waals surface area (Å²) < 4.78 is 54.8. The van der Waals surface area contributed by atoms with Gasteiger partial charge in [-0.2, -0.15) is 13.2 Å². The molecule has 2 aromatic carbocycles. The molecule has 1 fully saturated rings. The van der Waals surface area contributed by atoms with Gasteiger partial charge in [-0.15, -0.1) is 0 Å². The van der Waals surface area contributed by atoms with Crippen molar-refractivity contribution in [3.8, 4) is 5.75 Å². The number of alkyl halides is 3. The molecule has 1 heterocycles. The van der Waals surface area contributed by atoms with E-state index in [1.807, 2.05) is 0 Å². The summed E-state index contributed by atoms with van der Waals surface area (Å²) in [7, 11) is 0. The topological polar surface area (TPSA) is 58.6 Å². The zero-order valence-corrected chi connectivity index (χ0v) is 15.4. The second-order valence-corrected chi connectivity index (χ2v) is 6.76. The van der Waals surface area contributed by atoms with E-state index in [4.69, 9.17) is 0 Å². The van der Waals surface area contributed by atoms with Crippen LogP contribution < -0.4 is 15.0 Å². The molecule has 3 rings (SSSR count). The zero-order valence-electron chi connectivity index (χ0n) is 15.4. The van der Waals surface area contributed by atoms with Crippen molar-refractivity contribution >= 4 is 23.2 Å². The minimum Gasteiger partial charge on any atom is -0.484 e. The molecule has 1 saturated heterocycles. The van der Waals surface area contributed by atoms with Gasteiger partial charge >= 0.3 is 6.18 Å². The van der Waals surface area contributed by atoms with Crippen LogP contribution in [-0.2, 0) is 9.59 Å². The van der Waals surface area contributed by atoms with Crippen molar-refractivity contribution in [1.82, 2.24) is 0 Å². The molecule has 0 aromatic heterocycles. The lowest BCUT2D eigenvalue weighted by molar-refractivity contribution is -0.153. The number of rotatable bonds is 5. The van der Waals surface area contributed by atoms with Gasteiger partial charge in [0, 0.05) is 24.3 Å². The van der Waals surface area contributed by atoms with Crippen molar-refractivity contribution in [2.45, 2.75) is 19.5 Å². The number of amides is 2. The third-order valence-electron chi connectivity index (χ3n) is 4.49. The first-order valence-corrected chi connectivity index (χ1v) is 8.79. The van der Waals surface area contributed by atoms with Crippen LogP contribution >= 0.6 is 0 Å². The monoisotopic (exact) mass is 410 g/mol. The summed E-state index contributed by atoms with van der Waals surface area (Å²) in [6, 6.07) is 9.88. The van der Waals surface area contributed by atoms with Gasteiger partial charge in [0.1, 0.15) is 11.6 Å². The van der Waals surface area contributed by atoms with Crippen LogP contribution in [0.2, 0.25) is 0 Å². The lowest BCUT2D eigenvalue weighted by Gasteiger charge is -2.17. The molecule has 0 spiro atoms. The molecule has 2 aromatic rings. The number of aryl methyl sites for hydroxylation is 1. The van der Waals surface area contributed by atoms with Crippen LogP contribution in [0.5, 0.6) is 5.75 Å². The first-order valence-electron chi connectivity index (χ1n) is 8.79.